The van der Waals surface area contributed by atoms with E-state index in [2.05, 4.69) is 5.32 Å². The molecule has 2 rings (SSSR count). The van der Waals surface area contributed by atoms with Gasteiger partial charge in [-0.1, -0.05) is 0 Å². The van der Waals surface area contributed by atoms with Crippen LogP contribution in [0.5, 0.6) is 0 Å². The number of nitrogens with two attached hydrogens (primary N) is 2. The van der Waals surface area contributed by atoms with Crippen molar-refractivity contribution in [2.75, 3.05) is 0 Å². The van der Waals surface area contributed by atoms with E-state index in [0.29, 0.717) is 6.42 Å². The van der Waals surface area contributed by atoms with Crippen LogP contribution in [-0.4, -0.2) is 29.3 Å². The van der Waals surface area contributed by atoms with E-state index in [-0.39, 0.29) is 25.2 Å². The van der Waals surface area contributed by atoms with Gasteiger partial charge in [-0.15, -0.1) is 0 Å². The molecule has 1 spiro atoms. The number of halogens is 2. The van der Waals surface area contributed by atoms with Crippen LogP contribution in [0.3, 0.4) is 0 Å². The standard InChI is InChI=1S/C10H15F2N3O2/c11-10(12)3-9(4-10)2-5(8(17)15-9)1-6(13)7(14)16/h5-6H,1-4,13H2,(H2,14,16)(H,15,17)/t5?,6-/m0/s1. The number of rotatable bonds is 3. The minimum atomic E-state index is -2.69. The second kappa shape index (κ2) is 3.63. The van der Waals surface area contributed by atoms with Gasteiger partial charge in [-0.2, -0.15) is 0 Å². The third-order valence-corrected chi connectivity index (χ3v) is 3.49. The summed E-state index contributed by atoms with van der Waals surface area (Å²) in [7, 11) is 0. The van der Waals surface area contributed by atoms with E-state index in [4.69, 9.17) is 11.5 Å². The van der Waals surface area contributed by atoms with Gasteiger partial charge in [0.2, 0.25) is 11.8 Å². The van der Waals surface area contributed by atoms with Gasteiger partial charge in [0, 0.05) is 18.8 Å². The Hall–Kier alpha value is -1.24. The molecule has 0 aromatic heterocycles. The third-order valence-electron chi connectivity index (χ3n) is 3.49. The zero-order valence-corrected chi connectivity index (χ0v) is 9.21. The van der Waals surface area contributed by atoms with Gasteiger partial charge >= 0.3 is 0 Å². The predicted molar refractivity (Wildman–Crippen MR) is 54.9 cm³/mol. The molecule has 0 radical (unpaired) electrons. The summed E-state index contributed by atoms with van der Waals surface area (Å²) >= 11 is 0. The Balaban J connectivity index is 1.95. The molecule has 1 saturated heterocycles. The van der Waals surface area contributed by atoms with E-state index >= 15 is 0 Å². The monoisotopic (exact) mass is 247 g/mol. The SMILES string of the molecule is NC(=O)[C@@H](N)CC1CC2(CC(F)(F)C2)NC1=O. The number of primary amides is 1. The maximum absolute atomic E-state index is 12.8. The molecule has 0 aromatic rings. The normalized spacial score (nSPS) is 30.8. The van der Waals surface area contributed by atoms with Gasteiger partial charge < -0.3 is 16.8 Å². The van der Waals surface area contributed by atoms with Gasteiger partial charge in [0.05, 0.1) is 11.6 Å². The highest BCUT2D eigenvalue weighted by Crippen LogP contribution is 2.51. The highest BCUT2D eigenvalue weighted by atomic mass is 19.3. The molecule has 2 atom stereocenters. The van der Waals surface area contributed by atoms with Crippen LogP contribution in [0.4, 0.5) is 8.78 Å². The molecule has 0 aromatic carbocycles. The average Bonchev–Trinajstić information content (AvgIpc) is 2.40. The number of amides is 2. The number of alkyl halides is 2. The van der Waals surface area contributed by atoms with Gasteiger partial charge in [0.1, 0.15) is 0 Å². The quantitative estimate of drug-likeness (QED) is 0.626. The second-order valence-corrected chi connectivity index (χ2v) is 5.12. The molecule has 1 saturated carbocycles. The van der Waals surface area contributed by atoms with Gasteiger partial charge in [-0.3, -0.25) is 9.59 Å². The zero-order valence-electron chi connectivity index (χ0n) is 9.21. The first-order valence-electron chi connectivity index (χ1n) is 5.48. The molecule has 1 heterocycles. The van der Waals surface area contributed by atoms with E-state index in [1.165, 1.54) is 0 Å². The molecule has 96 valence electrons. The average molecular weight is 247 g/mol. The van der Waals surface area contributed by atoms with Crippen LogP contribution in [0.1, 0.15) is 25.7 Å². The molecule has 2 fully saturated rings. The first kappa shape index (κ1) is 12.2. The smallest absolute Gasteiger partial charge is 0.252 e. The number of hydrogen-bond acceptors (Lipinski definition) is 3. The molecule has 1 aliphatic carbocycles. The Morgan fingerprint density at radius 2 is 2.12 bits per heavy atom. The van der Waals surface area contributed by atoms with Crippen LogP contribution < -0.4 is 16.8 Å². The van der Waals surface area contributed by atoms with Gasteiger partial charge in [-0.25, -0.2) is 8.78 Å². The summed E-state index contributed by atoms with van der Waals surface area (Å²) in [6.45, 7) is 0. The summed E-state index contributed by atoms with van der Waals surface area (Å²) < 4.78 is 25.7. The fourth-order valence-electron chi connectivity index (χ4n) is 2.76. The predicted octanol–water partition coefficient (Wildman–Crippen LogP) is -0.507. The number of carbonyl (C=O) groups excluding carboxylic acids is 2. The Morgan fingerprint density at radius 3 is 2.59 bits per heavy atom. The molecule has 5 nitrogen and oxygen atoms in total. The minimum Gasteiger partial charge on any atom is -0.368 e. The van der Waals surface area contributed by atoms with Crippen molar-refractivity contribution in [2.24, 2.45) is 17.4 Å². The summed E-state index contributed by atoms with van der Waals surface area (Å²) in [6.07, 6.45) is -0.223. The Bertz CT molecular complexity index is 365. The van der Waals surface area contributed by atoms with E-state index < -0.39 is 29.3 Å². The number of hydrogen-bond donors (Lipinski definition) is 3. The summed E-state index contributed by atoms with van der Waals surface area (Å²) in [6, 6.07) is -0.901. The number of nitrogens with one attached hydrogen (secondary N) is 1. The molecule has 5 N–H and O–H groups in total. The number of carbonyl (C=O) groups is 2. The van der Waals surface area contributed by atoms with E-state index in [1.807, 2.05) is 0 Å². The van der Waals surface area contributed by atoms with Gasteiger partial charge in [0.25, 0.3) is 5.92 Å². The van der Waals surface area contributed by atoms with Gasteiger partial charge in [0.15, 0.2) is 0 Å². The zero-order chi connectivity index (χ0) is 12.8. The molecule has 1 unspecified atom stereocenters. The van der Waals surface area contributed by atoms with Crippen LogP contribution in [0.15, 0.2) is 0 Å². The summed E-state index contributed by atoms with van der Waals surface area (Å²) in [5.74, 6) is -4.17. The van der Waals surface area contributed by atoms with Crippen LogP contribution in [-0.2, 0) is 9.59 Å². The molecule has 0 bridgehead atoms. The first-order valence-corrected chi connectivity index (χ1v) is 5.48. The lowest BCUT2D eigenvalue weighted by molar-refractivity contribution is -0.136. The largest absolute Gasteiger partial charge is 0.368 e. The molecule has 7 heteroatoms. The van der Waals surface area contributed by atoms with Crippen molar-refractivity contribution in [1.82, 2.24) is 5.32 Å². The van der Waals surface area contributed by atoms with Crippen LogP contribution >= 0.6 is 0 Å². The Kier molecular flexibility index (Phi) is 2.61. The lowest BCUT2D eigenvalue weighted by Gasteiger charge is -2.44. The highest BCUT2D eigenvalue weighted by Gasteiger charge is 2.61. The lowest BCUT2D eigenvalue weighted by atomic mass is 9.71. The highest BCUT2D eigenvalue weighted by molar-refractivity contribution is 5.85. The van der Waals surface area contributed by atoms with Crippen molar-refractivity contribution in [3.8, 4) is 0 Å². The molecule has 2 aliphatic rings. The molecule has 1 aliphatic heterocycles. The fourth-order valence-corrected chi connectivity index (χ4v) is 2.76. The summed E-state index contributed by atoms with van der Waals surface area (Å²) in [5, 5.41) is 2.59. The van der Waals surface area contributed by atoms with Crippen molar-refractivity contribution < 1.29 is 18.4 Å². The second-order valence-electron chi connectivity index (χ2n) is 5.12. The minimum absolute atomic E-state index is 0.120. The third kappa shape index (κ3) is 2.24. The van der Waals surface area contributed by atoms with Crippen molar-refractivity contribution in [2.45, 2.75) is 43.2 Å². The maximum Gasteiger partial charge on any atom is 0.252 e. The topological polar surface area (TPSA) is 98.2 Å². The van der Waals surface area contributed by atoms with Gasteiger partial charge in [-0.05, 0) is 12.8 Å². The molecule has 2 amide bonds. The summed E-state index contributed by atoms with van der Waals surface area (Å²) in [5.41, 5.74) is 9.67. The molecule has 17 heavy (non-hydrogen) atoms. The first-order chi connectivity index (χ1) is 7.73. The van der Waals surface area contributed by atoms with Crippen molar-refractivity contribution in [3.63, 3.8) is 0 Å². The molecular formula is C10H15F2N3O2. The lowest BCUT2D eigenvalue weighted by Crippen LogP contribution is -2.58. The summed E-state index contributed by atoms with van der Waals surface area (Å²) in [4.78, 5) is 22.4. The van der Waals surface area contributed by atoms with Crippen LogP contribution in [0.2, 0.25) is 0 Å². The maximum atomic E-state index is 12.8. The van der Waals surface area contributed by atoms with Crippen LogP contribution in [0.25, 0.3) is 0 Å². The van der Waals surface area contributed by atoms with Crippen molar-refractivity contribution >= 4 is 11.8 Å². The van der Waals surface area contributed by atoms with E-state index in [0.717, 1.165) is 0 Å². The van der Waals surface area contributed by atoms with Crippen molar-refractivity contribution in [3.05, 3.63) is 0 Å². The van der Waals surface area contributed by atoms with Crippen LogP contribution in [0, 0.1) is 5.92 Å². The molecular weight excluding hydrogens is 232 g/mol. The van der Waals surface area contributed by atoms with Crippen molar-refractivity contribution in [1.29, 1.82) is 0 Å². The Morgan fingerprint density at radius 1 is 1.53 bits per heavy atom. The fraction of sp³-hybridized carbons (Fsp3) is 0.800. The van der Waals surface area contributed by atoms with E-state index in [9.17, 15) is 18.4 Å². The Labute approximate surface area is 96.9 Å². The van der Waals surface area contributed by atoms with E-state index in [1.54, 1.807) is 0 Å².